The van der Waals surface area contributed by atoms with Crippen molar-refractivity contribution in [2.24, 2.45) is 0 Å². The quantitative estimate of drug-likeness (QED) is 0.536. The van der Waals surface area contributed by atoms with E-state index >= 15 is 0 Å². The van der Waals surface area contributed by atoms with E-state index in [1.54, 1.807) is 6.92 Å². The van der Waals surface area contributed by atoms with E-state index in [2.05, 4.69) is 0 Å². The summed E-state index contributed by atoms with van der Waals surface area (Å²) in [6.45, 7) is 2.06. The van der Waals surface area contributed by atoms with Crippen LogP contribution in [0, 0.1) is 0 Å². The first-order valence-corrected chi connectivity index (χ1v) is 5.42. The van der Waals surface area contributed by atoms with Gasteiger partial charge in [0.1, 0.15) is 0 Å². The lowest BCUT2D eigenvalue weighted by molar-refractivity contribution is -0.138. The fraction of sp³-hybridized carbons (Fsp3) is 0.700. The van der Waals surface area contributed by atoms with E-state index in [1.807, 2.05) is 0 Å². The van der Waals surface area contributed by atoms with Crippen LogP contribution in [-0.2, 0) is 9.53 Å². The van der Waals surface area contributed by atoms with Gasteiger partial charge in [0.25, 0.3) is 0 Å². The van der Waals surface area contributed by atoms with Crippen molar-refractivity contribution in [3.63, 3.8) is 0 Å². The molecule has 15 heavy (non-hydrogen) atoms. The summed E-state index contributed by atoms with van der Waals surface area (Å²) < 4.78 is 4.90. The Bertz CT molecular complexity index is 260. The van der Waals surface area contributed by atoms with E-state index in [0.717, 1.165) is 19.3 Å². The zero-order valence-electron chi connectivity index (χ0n) is 9.03. The Labute approximate surface area is 90.1 Å². The van der Waals surface area contributed by atoms with Gasteiger partial charge in [-0.3, -0.25) is 0 Å². The first kappa shape index (κ1) is 12.3. The third-order valence-corrected chi connectivity index (χ3v) is 2.59. The van der Waals surface area contributed by atoms with Gasteiger partial charge in [0.2, 0.25) is 0 Å². The molecule has 0 saturated heterocycles. The third kappa shape index (κ3) is 3.36. The highest BCUT2D eigenvalue weighted by atomic mass is 16.5. The highest BCUT2D eigenvalue weighted by Crippen LogP contribution is 2.25. The molecule has 0 radical (unpaired) electrons. The van der Waals surface area contributed by atoms with Gasteiger partial charge in [0.05, 0.1) is 6.61 Å². The second-order valence-corrected chi connectivity index (χ2v) is 3.66. The van der Waals surface area contributed by atoms with E-state index in [9.17, 15) is 14.8 Å². The molecule has 0 unspecified atom stereocenters. The molecule has 0 saturated carbocycles. The van der Waals surface area contributed by atoms with E-state index in [1.165, 1.54) is 0 Å². The van der Waals surface area contributed by atoms with Crippen molar-refractivity contribution >= 4 is 13.1 Å². The second kappa shape index (κ2) is 5.93. The summed E-state index contributed by atoms with van der Waals surface area (Å²) in [5.41, 5.74) is 0.898. The summed E-state index contributed by atoms with van der Waals surface area (Å²) in [4.78, 5) is 11.6. The van der Waals surface area contributed by atoms with E-state index < -0.39 is 13.1 Å². The standard InChI is InChI=1S/C10H17BO4/c1-2-15-10(12)8-6-4-3-5-7-9(8)11(13)14/h13-14H,2-7H2,1H3. The summed E-state index contributed by atoms with van der Waals surface area (Å²) in [6.07, 6.45) is 3.98. The van der Waals surface area contributed by atoms with Gasteiger partial charge in [-0.2, -0.15) is 0 Å². The summed E-state index contributed by atoms with van der Waals surface area (Å²) >= 11 is 0. The molecule has 84 valence electrons. The van der Waals surface area contributed by atoms with Crippen molar-refractivity contribution in [3.05, 3.63) is 11.0 Å². The van der Waals surface area contributed by atoms with Crippen LogP contribution < -0.4 is 0 Å². The van der Waals surface area contributed by atoms with Gasteiger partial charge in [0, 0.05) is 5.57 Å². The van der Waals surface area contributed by atoms with Gasteiger partial charge in [-0.05, 0) is 31.7 Å². The maximum absolute atomic E-state index is 11.6. The Balaban J connectivity index is 2.87. The number of hydrogen-bond acceptors (Lipinski definition) is 4. The Morgan fingerprint density at radius 3 is 2.60 bits per heavy atom. The molecule has 0 aromatic rings. The van der Waals surface area contributed by atoms with Crippen molar-refractivity contribution < 1.29 is 19.6 Å². The molecule has 0 aliphatic heterocycles. The molecule has 4 nitrogen and oxygen atoms in total. The summed E-state index contributed by atoms with van der Waals surface area (Å²) in [5, 5.41) is 18.4. The molecule has 0 amide bonds. The highest BCUT2D eigenvalue weighted by molar-refractivity contribution is 6.51. The fourth-order valence-corrected chi connectivity index (χ4v) is 1.84. The number of rotatable bonds is 3. The van der Waals surface area contributed by atoms with Crippen molar-refractivity contribution in [3.8, 4) is 0 Å². The van der Waals surface area contributed by atoms with Gasteiger partial charge in [-0.1, -0.05) is 12.8 Å². The Morgan fingerprint density at radius 2 is 2.00 bits per heavy atom. The van der Waals surface area contributed by atoms with Crippen molar-refractivity contribution in [1.82, 2.24) is 0 Å². The average molecular weight is 212 g/mol. The maximum Gasteiger partial charge on any atom is 0.484 e. The molecular formula is C10H17BO4. The Hall–Kier alpha value is -0.805. The van der Waals surface area contributed by atoms with Crippen LogP contribution in [0.2, 0.25) is 0 Å². The number of carbonyl (C=O) groups is 1. The van der Waals surface area contributed by atoms with E-state index in [4.69, 9.17) is 4.74 Å². The van der Waals surface area contributed by atoms with Crippen molar-refractivity contribution in [1.29, 1.82) is 0 Å². The van der Waals surface area contributed by atoms with Gasteiger partial charge in [-0.25, -0.2) is 4.79 Å². The van der Waals surface area contributed by atoms with Gasteiger partial charge in [-0.15, -0.1) is 0 Å². The lowest BCUT2D eigenvalue weighted by Gasteiger charge is -2.10. The van der Waals surface area contributed by atoms with Gasteiger partial charge in [0.15, 0.2) is 0 Å². The second-order valence-electron chi connectivity index (χ2n) is 3.66. The molecule has 0 aromatic heterocycles. The molecule has 0 aromatic carbocycles. The van der Waals surface area contributed by atoms with E-state index in [-0.39, 0.29) is 0 Å². The molecule has 0 spiro atoms. The Morgan fingerprint density at radius 1 is 1.33 bits per heavy atom. The summed E-state index contributed by atoms with van der Waals surface area (Å²) in [6, 6.07) is 0. The third-order valence-electron chi connectivity index (χ3n) is 2.59. The zero-order valence-corrected chi connectivity index (χ0v) is 9.03. The number of esters is 1. The lowest BCUT2D eigenvalue weighted by atomic mass is 9.74. The molecule has 2 N–H and O–H groups in total. The molecular weight excluding hydrogens is 195 g/mol. The maximum atomic E-state index is 11.6. The number of ether oxygens (including phenoxy) is 1. The van der Waals surface area contributed by atoms with Crippen LogP contribution in [-0.4, -0.2) is 29.7 Å². The minimum absolute atomic E-state index is 0.317. The minimum Gasteiger partial charge on any atom is -0.463 e. The van der Waals surface area contributed by atoms with Crippen LogP contribution >= 0.6 is 0 Å². The summed E-state index contributed by atoms with van der Waals surface area (Å²) in [7, 11) is -1.53. The lowest BCUT2D eigenvalue weighted by Crippen LogP contribution is -2.21. The van der Waals surface area contributed by atoms with Gasteiger partial charge < -0.3 is 14.8 Å². The van der Waals surface area contributed by atoms with Gasteiger partial charge >= 0.3 is 13.1 Å². The molecule has 1 aliphatic carbocycles. The molecule has 0 heterocycles. The fourth-order valence-electron chi connectivity index (χ4n) is 1.84. The van der Waals surface area contributed by atoms with Crippen LogP contribution in [0.1, 0.15) is 39.0 Å². The Kier molecular flexibility index (Phi) is 4.85. The number of allylic oxidation sites excluding steroid dienone is 1. The SMILES string of the molecule is CCOC(=O)C1=C(B(O)O)CCCCC1. The molecule has 0 bridgehead atoms. The van der Waals surface area contributed by atoms with Crippen molar-refractivity contribution in [2.75, 3.05) is 6.61 Å². The molecule has 5 heteroatoms. The molecule has 1 aliphatic rings. The number of hydrogen-bond donors (Lipinski definition) is 2. The van der Waals surface area contributed by atoms with Crippen LogP contribution in [0.15, 0.2) is 11.0 Å². The zero-order chi connectivity index (χ0) is 11.3. The first-order chi connectivity index (χ1) is 7.16. The predicted octanol–water partition coefficient (Wildman–Crippen LogP) is 0.822. The van der Waals surface area contributed by atoms with E-state index in [0.29, 0.717) is 30.5 Å². The first-order valence-electron chi connectivity index (χ1n) is 5.42. The monoisotopic (exact) mass is 212 g/mol. The van der Waals surface area contributed by atoms with Crippen LogP contribution in [0.3, 0.4) is 0 Å². The number of carbonyl (C=O) groups excluding carboxylic acids is 1. The van der Waals surface area contributed by atoms with Crippen LogP contribution in [0.5, 0.6) is 0 Å². The normalized spacial score (nSPS) is 17.3. The topological polar surface area (TPSA) is 66.8 Å². The smallest absolute Gasteiger partial charge is 0.463 e. The van der Waals surface area contributed by atoms with Crippen LogP contribution in [0.25, 0.3) is 0 Å². The molecule has 0 fully saturated rings. The van der Waals surface area contributed by atoms with Crippen LogP contribution in [0.4, 0.5) is 0 Å². The van der Waals surface area contributed by atoms with Crippen molar-refractivity contribution in [2.45, 2.75) is 39.0 Å². The predicted molar refractivity (Wildman–Crippen MR) is 56.9 cm³/mol. The largest absolute Gasteiger partial charge is 0.484 e. The average Bonchev–Trinajstić information content (AvgIpc) is 2.42. The highest BCUT2D eigenvalue weighted by Gasteiger charge is 2.25. The summed E-state index contributed by atoms with van der Waals surface area (Å²) in [5.74, 6) is -0.400. The molecule has 0 atom stereocenters. The minimum atomic E-state index is -1.53. The molecule has 1 rings (SSSR count).